The first-order valence-electron chi connectivity index (χ1n) is 12.3. The van der Waals surface area contributed by atoms with E-state index in [1.165, 1.54) is 6.07 Å². The SMILES string of the molecule is CC(C)S(=O)(=O)n1c(N)nc2ccc(-c3c(-c4ccccc4F)nc(C#C[Si](C)(C)C)n3C3CC3)cc21. The molecule has 0 unspecified atom stereocenters. The molecule has 5 rings (SSSR count). The quantitative estimate of drug-likeness (QED) is 0.271. The average Bonchev–Trinajstić information content (AvgIpc) is 3.49. The molecule has 2 aromatic carbocycles. The second-order valence-corrected chi connectivity index (χ2v) is 17.8. The fourth-order valence-electron chi connectivity index (χ4n) is 4.27. The van der Waals surface area contributed by atoms with Crippen LogP contribution in [0.2, 0.25) is 19.6 Å². The maximum absolute atomic E-state index is 15.1. The number of fused-ring (bicyclic) bond motifs is 1. The van der Waals surface area contributed by atoms with Crippen molar-refractivity contribution in [3.05, 3.63) is 54.1 Å². The van der Waals surface area contributed by atoms with Gasteiger partial charge in [0.2, 0.25) is 16.0 Å². The van der Waals surface area contributed by atoms with Gasteiger partial charge in [0.15, 0.2) is 5.82 Å². The van der Waals surface area contributed by atoms with Gasteiger partial charge in [-0.3, -0.25) is 0 Å². The lowest BCUT2D eigenvalue weighted by Gasteiger charge is -2.13. The minimum absolute atomic E-state index is 0.0902. The summed E-state index contributed by atoms with van der Waals surface area (Å²) in [5, 5.41) is -0.690. The molecule has 0 atom stereocenters. The van der Waals surface area contributed by atoms with Crippen molar-refractivity contribution in [1.82, 2.24) is 18.5 Å². The van der Waals surface area contributed by atoms with Crippen molar-refractivity contribution in [3.63, 3.8) is 0 Å². The van der Waals surface area contributed by atoms with Crippen molar-refractivity contribution in [2.24, 2.45) is 0 Å². The monoisotopic (exact) mass is 535 g/mol. The highest BCUT2D eigenvalue weighted by Gasteiger charge is 2.33. The molecule has 0 saturated heterocycles. The highest BCUT2D eigenvalue weighted by Crippen LogP contribution is 2.44. The largest absolute Gasteiger partial charge is 0.368 e. The fraction of sp³-hybridized carbons (Fsp3) is 0.333. The van der Waals surface area contributed by atoms with Crippen LogP contribution < -0.4 is 5.73 Å². The van der Waals surface area contributed by atoms with E-state index in [0.29, 0.717) is 39.4 Å². The standard InChI is InChI=1S/C27H30FN5O2SSi/c1-17(2)36(34,35)33-23-16-18(10-13-22(23)30-27(33)29)26-25(20-8-6-7-9-21(20)28)31-24(14-15-37(3,4)5)32(26)19-11-12-19/h6-10,13,16-17,19H,11-12H2,1-5H3,(H2,29,30). The van der Waals surface area contributed by atoms with Crippen molar-refractivity contribution in [3.8, 4) is 34.0 Å². The molecule has 0 amide bonds. The van der Waals surface area contributed by atoms with E-state index in [1.54, 1.807) is 44.2 Å². The van der Waals surface area contributed by atoms with E-state index in [1.807, 2.05) is 6.07 Å². The van der Waals surface area contributed by atoms with Crippen molar-refractivity contribution in [2.75, 3.05) is 5.73 Å². The van der Waals surface area contributed by atoms with Gasteiger partial charge in [-0.25, -0.2) is 26.7 Å². The number of hydrogen-bond donors (Lipinski definition) is 1. The Morgan fingerprint density at radius 2 is 1.81 bits per heavy atom. The first-order chi connectivity index (χ1) is 17.4. The molecule has 2 N–H and O–H groups in total. The van der Waals surface area contributed by atoms with Crippen LogP contribution in [-0.2, 0) is 10.0 Å². The van der Waals surface area contributed by atoms with Crippen LogP contribution in [0.15, 0.2) is 42.5 Å². The highest BCUT2D eigenvalue weighted by atomic mass is 32.2. The number of aromatic nitrogens is 4. The van der Waals surface area contributed by atoms with Crippen LogP contribution in [0, 0.1) is 17.3 Å². The Labute approximate surface area is 217 Å². The van der Waals surface area contributed by atoms with Crippen molar-refractivity contribution in [2.45, 2.75) is 57.6 Å². The Bertz CT molecular complexity index is 1700. The van der Waals surface area contributed by atoms with Crippen LogP contribution in [0.5, 0.6) is 0 Å². The molecule has 0 aliphatic heterocycles. The molecule has 37 heavy (non-hydrogen) atoms. The number of imidazole rings is 2. The number of anilines is 1. The van der Waals surface area contributed by atoms with Gasteiger partial charge in [-0.05, 0) is 56.9 Å². The Balaban J connectivity index is 1.84. The zero-order valence-electron chi connectivity index (χ0n) is 21.6. The molecule has 1 fully saturated rings. The number of nitrogen functional groups attached to an aromatic ring is 1. The van der Waals surface area contributed by atoms with Crippen LogP contribution in [0.25, 0.3) is 33.5 Å². The van der Waals surface area contributed by atoms with Gasteiger partial charge in [-0.15, -0.1) is 5.54 Å². The third kappa shape index (κ3) is 4.58. The Morgan fingerprint density at radius 1 is 1.11 bits per heavy atom. The van der Waals surface area contributed by atoms with Gasteiger partial charge in [-0.2, -0.15) is 0 Å². The zero-order chi connectivity index (χ0) is 26.7. The summed E-state index contributed by atoms with van der Waals surface area (Å²) in [7, 11) is -5.47. The van der Waals surface area contributed by atoms with Gasteiger partial charge in [0.05, 0.1) is 22.0 Å². The minimum atomic E-state index is -3.76. The summed E-state index contributed by atoms with van der Waals surface area (Å²) >= 11 is 0. The van der Waals surface area contributed by atoms with Gasteiger partial charge < -0.3 is 10.3 Å². The molecule has 1 aliphatic carbocycles. The summed E-state index contributed by atoms with van der Waals surface area (Å²) in [4.78, 5) is 9.16. The Hall–Kier alpha value is -3.42. The molecular formula is C27H30FN5O2SSi. The highest BCUT2D eigenvalue weighted by molar-refractivity contribution is 7.90. The molecule has 2 aromatic heterocycles. The van der Waals surface area contributed by atoms with E-state index in [-0.39, 0.29) is 17.8 Å². The normalized spacial score (nSPS) is 14.2. The lowest BCUT2D eigenvalue weighted by atomic mass is 10.0. The number of benzene rings is 2. The molecule has 2 heterocycles. The molecule has 0 radical (unpaired) electrons. The molecule has 7 nitrogen and oxygen atoms in total. The van der Waals surface area contributed by atoms with Crippen LogP contribution in [-0.4, -0.2) is 40.2 Å². The number of nitrogens with two attached hydrogens (primary N) is 1. The summed E-state index contributed by atoms with van der Waals surface area (Å²) in [6.45, 7) is 9.70. The van der Waals surface area contributed by atoms with E-state index in [2.05, 4.69) is 40.7 Å². The number of nitrogens with zero attached hydrogens (tertiary/aromatic N) is 4. The van der Waals surface area contributed by atoms with E-state index in [4.69, 9.17) is 10.7 Å². The molecule has 0 spiro atoms. The van der Waals surface area contributed by atoms with Gasteiger partial charge in [0.25, 0.3) is 0 Å². The molecule has 0 bridgehead atoms. The lowest BCUT2D eigenvalue weighted by molar-refractivity contribution is 0.580. The Morgan fingerprint density at radius 3 is 2.43 bits per heavy atom. The smallest absolute Gasteiger partial charge is 0.244 e. The molecular weight excluding hydrogens is 505 g/mol. The van der Waals surface area contributed by atoms with E-state index in [9.17, 15) is 8.42 Å². The minimum Gasteiger partial charge on any atom is -0.368 e. The third-order valence-corrected chi connectivity index (χ3v) is 9.22. The third-order valence-electron chi connectivity index (χ3n) is 6.26. The number of halogens is 1. The average molecular weight is 536 g/mol. The predicted octanol–water partition coefficient (Wildman–Crippen LogP) is 5.44. The van der Waals surface area contributed by atoms with Gasteiger partial charge in [-0.1, -0.05) is 37.8 Å². The number of rotatable bonds is 5. The fourth-order valence-corrected chi connectivity index (χ4v) is 5.90. The van der Waals surface area contributed by atoms with E-state index < -0.39 is 23.3 Å². The summed E-state index contributed by atoms with van der Waals surface area (Å²) in [6, 6.07) is 12.1. The summed E-state index contributed by atoms with van der Waals surface area (Å²) in [5.74, 6) is 3.42. The van der Waals surface area contributed by atoms with E-state index in [0.717, 1.165) is 16.8 Å². The topological polar surface area (TPSA) is 95.8 Å². The molecule has 4 aromatic rings. The first kappa shape index (κ1) is 25.2. The molecule has 192 valence electrons. The summed E-state index contributed by atoms with van der Waals surface area (Å²) in [6.07, 6.45) is 1.94. The maximum Gasteiger partial charge on any atom is 0.244 e. The van der Waals surface area contributed by atoms with Crippen LogP contribution in [0.4, 0.5) is 10.3 Å². The zero-order valence-corrected chi connectivity index (χ0v) is 23.4. The van der Waals surface area contributed by atoms with Gasteiger partial charge >= 0.3 is 0 Å². The second kappa shape index (κ2) is 8.85. The number of hydrogen-bond acceptors (Lipinski definition) is 5. The molecule has 1 aliphatic rings. The van der Waals surface area contributed by atoms with Crippen molar-refractivity contribution in [1.29, 1.82) is 0 Å². The van der Waals surface area contributed by atoms with E-state index >= 15 is 4.39 Å². The Kier molecular flexibility index (Phi) is 6.04. The summed E-state index contributed by atoms with van der Waals surface area (Å²) in [5.41, 5.74) is 12.6. The van der Waals surface area contributed by atoms with Crippen LogP contribution in [0.3, 0.4) is 0 Å². The van der Waals surface area contributed by atoms with Crippen molar-refractivity contribution < 1.29 is 12.8 Å². The van der Waals surface area contributed by atoms with Crippen molar-refractivity contribution >= 4 is 35.1 Å². The summed E-state index contributed by atoms with van der Waals surface area (Å²) < 4.78 is 44.6. The maximum atomic E-state index is 15.1. The lowest BCUT2D eigenvalue weighted by Crippen LogP contribution is -2.23. The molecule has 1 saturated carbocycles. The first-order valence-corrected chi connectivity index (χ1v) is 17.3. The van der Waals surface area contributed by atoms with Crippen LogP contribution in [0.1, 0.15) is 38.6 Å². The second-order valence-electron chi connectivity index (χ2n) is 10.7. The van der Waals surface area contributed by atoms with Gasteiger partial charge in [0, 0.05) is 17.2 Å². The van der Waals surface area contributed by atoms with Gasteiger partial charge in [0.1, 0.15) is 19.6 Å². The molecule has 10 heteroatoms. The van der Waals surface area contributed by atoms with Crippen LogP contribution >= 0.6 is 0 Å². The predicted molar refractivity (Wildman–Crippen MR) is 149 cm³/mol.